The minimum Gasteiger partial charge on any atom is -0.361 e. The zero-order valence-electron chi connectivity index (χ0n) is 14.2. The fourth-order valence-corrected chi connectivity index (χ4v) is 3.39. The van der Waals surface area contributed by atoms with Gasteiger partial charge in [0.1, 0.15) is 11.8 Å². The second kappa shape index (κ2) is 5.42. The van der Waals surface area contributed by atoms with Gasteiger partial charge in [-0.1, -0.05) is 0 Å². The Morgan fingerprint density at radius 3 is 2.96 bits per heavy atom. The number of hydrogen-bond acceptors (Lipinski definition) is 2. The number of benzene rings is 1. The van der Waals surface area contributed by atoms with E-state index in [4.69, 9.17) is 0 Å². The Hall–Kier alpha value is -3.15. The molecular weight excluding hydrogens is 331 g/mol. The molecule has 1 saturated carbocycles. The first-order valence-electron chi connectivity index (χ1n) is 8.60. The highest BCUT2D eigenvalue weighted by molar-refractivity contribution is 5.94. The maximum absolute atomic E-state index is 13.0. The molecule has 1 aliphatic carbocycles. The van der Waals surface area contributed by atoms with Crippen molar-refractivity contribution in [3.05, 3.63) is 54.5 Å². The number of aromatic amines is 1. The predicted octanol–water partition coefficient (Wildman–Crippen LogP) is 4.09. The number of carbonyl (C=O) groups is 1. The van der Waals surface area contributed by atoms with Crippen LogP contribution in [0.15, 0.2) is 48.9 Å². The predicted molar refractivity (Wildman–Crippen MR) is 98.9 cm³/mol. The number of halogens is 1. The SMILES string of the molecule is Cc1cc2cc[nH]c2cc1-c1ccc2nc(NC(=O)[C@@H]3C[C@@H]3F)cn2c1. The molecule has 0 saturated heterocycles. The van der Waals surface area contributed by atoms with E-state index in [0.717, 1.165) is 22.3 Å². The van der Waals surface area contributed by atoms with Crippen LogP contribution < -0.4 is 5.32 Å². The third kappa shape index (κ3) is 2.45. The summed E-state index contributed by atoms with van der Waals surface area (Å²) < 4.78 is 14.9. The molecule has 0 aliphatic heterocycles. The van der Waals surface area contributed by atoms with Crippen LogP contribution in [-0.4, -0.2) is 26.4 Å². The van der Waals surface area contributed by atoms with E-state index < -0.39 is 12.1 Å². The number of H-pyrrole nitrogens is 1. The summed E-state index contributed by atoms with van der Waals surface area (Å²) in [6.07, 6.45) is 4.98. The molecule has 0 unspecified atom stereocenters. The van der Waals surface area contributed by atoms with Crippen LogP contribution in [0.1, 0.15) is 12.0 Å². The average Bonchev–Trinajstić information content (AvgIpc) is 3.02. The number of nitrogens with zero attached hydrogens (tertiary/aromatic N) is 2. The zero-order valence-corrected chi connectivity index (χ0v) is 14.2. The number of alkyl halides is 1. The summed E-state index contributed by atoms with van der Waals surface area (Å²) in [4.78, 5) is 19.5. The summed E-state index contributed by atoms with van der Waals surface area (Å²) in [6.45, 7) is 2.09. The molecule has 1 amide bonds. The van der Waals surface area contributed by atoms with E-state index in [1.165, 1.54) is 10.9 Å². The highest BCUT2D eigenvalue weighted by atomic mass is 19.1. The number of rotatable bonds is 3. The third-order valence-corrected chi connectivity index (χ3v) is 4.96. The number of hydrogen-bond donors (Lipinski definition) is 2. The Morgan fingerprint density at radius 2 is 2.15 bits per heavy atom. The molecule has 26 heavy (non-hydrogen) atoms. The summed E-state index contributed by atoms with van der Waals surface area (Å²) >= 11 is 0. The minimum atomic E-state index is -1.01. The normalized spacial score (nSPS) is 19.2. The second-order valence-electron chi connectivity index (χ2n) is 6.89. The van der Waals surface area contributed by atoms with Crippen molar-refractivity contribution < 1.29 is 9.18 Å². The molecule has 4 aromatic rings. The lowest BCUT2D eigenvalue weighted by atomic mass is 10.0. The maximum atomic E-state index is 13.0. The molecule has 3 aromatic heterocycles. The van der Waals surface area contributed by atoms with Gasteiger partial charge in [-0.15, -0.1) is 0 Å². The Labute approximate surface area is 148 Å². The average molecular weight is 348 g/mol. The zero-order chi connectivity index (χ0) is 17.8. The maximum Gasteiger partial charge on any atom is 0.231 e. The smallest absolute Gasteiger partial charge is 0.231 e. The number of pyridine rings is 1. The molecular formula is C20H17FN4O. The van der Waals surface area contributed by atoms with Gasteiger partial charge in [-0.25, -0.2) is 9.37 Å². The second-order valence-corrected chi connectivity index (χ2v) is 6.89. The molecule has 2 N–H and O–H groups in total. The molecule has 1 aliphatic rings. The van der Waals surface area contributed by atoms with Crippen molar-refractivity contribution in [2.24, 2.45) is 5.92 Å². The Balaban J connectivity index is 1.50. The molecule has 6 heteroatoms. The summed E-state index contributed by atoms with van der Waals surface area (Å²) in [5, 5.41) is 3.89. The molecule has 0 radical (unpaired) electrons. The van der Waals surface area contributed by atoms with Gasteiger partial charge in [0.15, 0.2) is 5.82 Å². The molecule has 1 fully saturated rings. The number of fused-ring (bicyclic) bond motifs is 2. The van der Waals surface area contributed by atoms with Crippen molar-refractivity contribution >= 4 is 28.3 Å². The highest BCUT2D eigenvalue weighted by Gasteiger charge is 2.43. The van der Waals surface area contributed by atoms with Crippen LogP contribution >= 0.6 is 0 Å². The number of aromatic nitrogens is 3. The number of imidazole rings is 1. The fourth-order valence-electron chi connectivity index (χ4n) is 3.39. The van der Waals surface area contributed by atoms with Crippen LogP contribution in [0.3, 0.4) is 0 Å². The van der Waals surface area contributed by atoms with E-state index in [-0.39, 0.29) is 5.91 Å². The van der Waals surface area contributed by atoms with E-state index in [0.29, 0.717) is 12.2 Å². The molecule has 0 bridgehead atoms. The number of aryl methyl sites for hydroxylation is 1. The topological polar surface area (TPSA) is 62.2 Å². The number of amides is 1. The van der Waals surface area contributed by atoms with Gasteiger partial charge < -0.3 is 14.7 Å². The van der Waals surface area contributed by atoms with E-state index in [1.54, 1.807) is 6.20 Å². The van der Waals surface area contributed by atoms with Gasteiger partial charge in [-0.3, -0.25) is 4.79 Å². The number of carbonyl (C=O) groups excluding carboxylic acids is 1. The first-order chi connectivity index (χ1) is 12.6. The lowest BCUT2D eigenvalue weighted by molar-refractivity contribution is -0.117. The van der Waals surface area contributed by atoms with Crippen LogP contribution in [0, 0.1) is 12.8 Å². The summed E-state index contributed by atoms with van der Waals surface area (Å²) in [7, 11) is 0. The van der Waals surface area contributed by atoms with Crippen LogP contribution in [0.4, 0.5) is 10.2 Å². The number of nitrogens with one attached hydrogen (secondary N) is 2. The van der Waals surface area contributed by atoms with Gasteiger partial charge in [0.25, 0.3) is 0 Å². The van der Waals surface area contributed by atoms with Gasteiger partial charge in [0.2, 0.25) is 5.91 Å². The van der Waals surface area contributed by atoms with Gasteiger partial charge >= 0.3 is 0 Å². The van der Waals surface area contributed by atoms with E-state index in [9.17, 15) is 9.18 Å². The summed E-state index contributed by atoms with van der Waals surface area (Å²) in [6, 6.07) is 10.3. The largest absolute Gasteiger partial charge is 0.361 e. The van der Waals surface area contributed by atoms with Crippen molar-refractivity contribution in [1.29, 1.82) is 0 Å². The van der Waals surface area contributed by atoms with Crippen LogP contribution in [0.25, 0.3) is 27.7 Å². The Morgan fingerprint density at radius 1 is 1.31 bits per heavy atom. The van der Waals surface area contributed by atoms with Gasteiger partial charge in [-0.2, -0.15) is 0 Å². The van der Waals surface area contributed by atoms with E-state index in [2.05, 4.69) is 40.4 Å². The van der Waals surface area contributed by atoms with Crippen LogP contribution in [-0.2, 0) is 4.79 Å². The van der Waals surface area contributed by atoms with E-state index in [1.807, 2.05) is 28.9 Å². The molecule has 130 valence electrons. The standard InChI is InChI=1S/C20H17FN4O/c1-11-6-12-4-5-22-17(12)8-14(11)13-2-3-19-23-18(10-25(19)9-13)24-20(26)15-7-16(15)21/h2-6,8-10,15-16,22H,7H2,1H3,(H,24,26)/t15-,16+/m1/s1. The van der Waals surface area contributed by atoms with Gasteiger partial charge in [0.05, 0.1) is 12.1 Å². The quantitative estimate of drug-likeness (QED) is 0.586. The molecule has 3 heterocycles. The van der Waals surface area contributed by atoms with Crippen molar-refractivity contribution in [2.45, 2.75) is 19.5 Å². The highest BCUT2D eigenvalue weighted by Crippen LogP contribution is 2.34. The Kier molecular flexibility index (Phi) is 3.16. The first-order valence-corrected chi connectivity index (χ1v) is 8.60. The van der Waals surface area contributed by atoms with Gasteiger partial charge in [0, 0.05) is 17.9 Å². The Bertz CT molecular complexity index is 1160. The van der Waals surface area contributed by atoms with Crippen LogP contribution in [0.5, 0.6) is 0 Å². The summed E-state index contributed by atoms with van der Waals surface area (Å²) in [5.74, 6) is -0.373. The molecule has 1 aromatic carbocycles. The third-order valence-electron chi connectivity index (χ3n) is 4.96. The van der Waals surface area contributed by atoms with Crippen molar-refractivity contribution in [2.75, 3.05) is 5.32 Å². The van der Waals surface area contributed by atoms with E-state index >= 15 is 0 Å². The lowest BCUT2D eigenvalue weighted by Crippen LogP contribution is -2.15. The molecule has 2 atom stereocenters. The first kappa shape index (κ1) is 15.1. The molecule has 5 rings (SSSR count). The molecule has 0 spiro atoms. The lowest BCUT2D eigenvalue weighted by Gasteiger charge is -2.07. The van der Waals surface area contributed by atoms with Crippen LogP contribution in [0.2, 0.25) is 0 Å². The van der Waals surface area contributed by atoms with Gasteiger partial charge in [-0.05, 0) is 65.8 Å². The van der Waals surface area contributed by atoms with Crippen molar-refractivity contribution in [3.63, 3.8) is 0 Å². The van der Waals surface area contributed by atoms with Crippen molar-refractivity contribution in [3.8, 4) is 11.1 Å². The summed E-state index contributed by atoms with van der Waals surface area (Å²) in [5.41, 5.74) is 5.21. The molecule has 5 nitrogen and oxygen atoms in total. The monoisotopic (exact) mass is 348 g/mol. The fraction of sp³-hybridized carbons (Fsp3) is 0.200. The van der Waals surface area contributed by atoms with Crippen molar-refractivity contribution in [1.82, 2.24) is 14.4 Å². The number of anilines is 1. The minimum absolute atomic E-state index is 0.297.